The van der Waals surface area contributed by atoms with Crippen molar-refractivity contribution in [2.24, 2.45) is 0 Å². The first kappa shape index (κ1) is 13.8. The van der Waals surface area contributed by atoms with Crippen LogP contribution in [0.3, 0.4) is 0 Å². The molecule has 0 aliphatic rings. The summed E-state index contributed by atoms with van der Waals surface area (Å²) in [5, 5.41) is 14.2. The average molecular weight is 298 g/mol. The third kappa shape index (κ3) is 3.11. The molecular formula is C14H14N6O2. The molecule has 0 spiro atoms. The molecule has 112 valence electrons. The summed E-state index contributed by atoms with van der Waals surface area (Å²) in [5.74, 6) is -0.176. The molecule has 0 atom stereocenters. The quantitative estimate of drug-likeness (QED) is 0.676. The van der Waals surface area contributed by atoms with Gasteiger partial charge in [-0.2, -0.15) is 9.90 Å². The normalized spacial score (nSPS) is 10.6. The number of aromatic nitrogens is 4. The Labute approximate surface area is 125 Å². The second-order valence-corrected chi connectivity index (χ2v) is 4.77. The van der Waals surface area contributed by atoms with Crippen molar-refractivity contribution in [3.8, 4) is 0 Å². The van der Waals surface area contributed by atoms with Gasteiger partial charge in [0, 0.05) is 29.7 Å². The van der Waals surface area contributed by atoms with Crippen LogP contribution in [0.5, 0.6) is 0 Å². The van der Waals surface area contributed by atoms with Crippen LogP contribution in [-0.2, 0) is 16.1 Å². The fourth-order valence-electron chi connectivity index (χ4n) is 2.07. The molecule has 0 unspecified atom stereocenters. The van der Waals surface area contributed by atoms with E-state index in [4.69, 9.17) is 0 Å². The van der Waals surface area contributed by atoms with Gasteiger partial charge in [0.05, 0.1) is 6.20 Å². The first-order chi connectivity index (χ1) is 10.6. The van der Waals surface area contributed by atoms with Crippen molar-refractivity contribution >= 4 is 34.2 Å². The van der Waals surface area contributed by atoms with Gasteiger partial charge in [0.1, 0.15) is 6.54 Å². The zero-order valence-electron chi connectivity index (χ0n) is 11.8. The Morgan fingerprint density at radius 2 is 2.14 bits per heavy atom. The summed E-state index contributed by atoms with van der Waals surface area (Å²) in [6.07, 6.45) is 3.23. The number of H-pyrrole nitrogens is 1. The summed E-state index contributed by atoms with van der Waals surface area (Å²) >= 11 is 0. The number of amides is 2. The minimum Gasteiger partial charge on any atom is -0.361 e. The lowest BCUT2D eigenvalue weighted by atomic mass is 10.2. The smallest absolute Gasteiger partial charge is 0.247 e. The molecule has 2 heterocycles. The Morgan fingerprint density at radius 1 is 1.27 bits per heavy atom. The first-order valence-electron chi connectivity index (χ1n) is 6.65. The van der Waals surface area contributed by atoms with Crippen molar-refractivity contribution in [2.75, 3.05) is 10.6 Å². The van der Waals surface area contributed by atoms with Gasteiger partial charge in [-0.15, -0.1) is 5.10 Å². The van der Waals surface area contributed by atoms with Crippen LogP contribution in [0.4, 0.5) is 11.5 Å². The zero-order valence-corrected chi connectivity index (χ0v) is 11.8. The number of carbonyl (C=O) groups is 2. The third-order valence-corrected chi connectivity index (χ3v) is 2.96. The predicted octanol–water partition coefficient (Wildman–Crippen LogP) is 1.36. The van der Waals surface area contributed by atoms with Gasteiger partial charge in [0.2, 0.25) is 11.8 Å². The molecule has 2 amide bonds. The first-order valence-corrected chi connectivity index (χ1v) is 6.65. The van der Waals surface area contributed by atoms with Gasteiger partial charge in [0.25, 0.3) is 0 Å². The summed E-state index contributed by atoms with van der Waals surface area (Å²) in [5.41, 5.74) is 1.71. The van der Waals surface area contributed by atoms with E-state index in [2.05, 4.69) is 25.8 Å². The number of carbonyl (C=O) groups excluding carboxylic acids is 2. The van der Waals surface area contributed by atoms with Gasteiger partial charge in [-0.05, 0) is 24.3 Å². The Kier molecular flexibility index (Phi) is 3.57. The van der Waals surface area contributed by atoms with Crippen LogP contribution in [-0.4, -0.2) is 31.8 Å². The lowest BCUT2D eigenvalue weighted by molar-refractivity contribution is -0.117. The number of hydrogen-bond donors (Lipinski definition) is 3. The van der Waals surface area contributed by atoms with E-state index in [0.29, 0.717) is 11.5 Å². The molecule has 0 aliphatic heterocycles. The average Bonchev–Trinajstić information content (AvgIpc) is 3.06. The number of fused-ring (bicyclic) bond motifs is 1. The molecule has 0 bridgehead atoms. The highest BCUT2D eigenvalue weighted by atomic mass is 16.2. The number of nitrogens with one attached hydrogen (secondary N) is 3. The lowest BCUT2D eigenvalue weighted by Crippen LogP contribution is -2.20. The van der Waals surface area contributed by atoms with E-state index < -0.39 is 0 Å². The zero-order chi connectivity index (χ0) is 15.5. The maximum atomic E-state index is 12.0. The van der Waals surface area contributed by atoms with Gasteiger partial charge in [-0.1, -0.05) is 0 Å². The van der Waals surface area contributed by atoms with Crippen molar-refractivity contribution in [3.63, 3.8) is 0 Å². The number of hydrogen-bond acceptors (Lipinski definition) is 4. The van der Waals surface area contributed by atoms with Crippen LogP contribution in [0.2, 0.25) is 0 Å². The molecule has 0 saturated carbocycles. The van der Waals surface area contributed by atoms with E-state index >= 15 is 0 Å². The summed E-state index contributed by atoms with van der Waals surface area (Å²) in [4.78, 5) is 27.2. The molecular weight excluding hydrogens is 284 g/mol. The molecule has 3 N–H and O–H groups in total. The Morgan fingerprint density at radius 3 is 2.95 bits per heavy atom. The van der Waals surface area contributed by atoms with Crippen LogP contribution < -0.4 is 10.6 Å². The minimum atomic E-state index is -0.250. The largest absolute Gasteiger partial charge is 0.361 e. The van der Waals surface area contributed by atoms with Crippen molar-refractivity contribution in [2.45, 2.75) is 13.5 Å². The van der Waals surface area contributed by atoms with Gasteiger partial charge >= 0.3 is 0 Å². The van der Waals surface area contributed by atoms with E-state index in [-0.39, 0.29) is 18.4 Å². The van der Waals surface area contributed by atoms with E-state index in [9.17, 15) is 9.59 Å². The highest BCUT2D eigenvalue weighted by Gasteiger charge is 2.08. The maximum Gasteiger partial charge on any atom is 0.247 e. The van der Waals surface area contributed by atoms with Crippen molar-refractivity contribution in [3.05, 3.63) is 36.7 Å². The van der Waals surface area contributed by atoms with E-state index in [1.54, 1.807) is 0 Å². The summed E-state index contributed by atoms with van der Waals surface area (Å²) in [6, 6.07) is 7.52. The van der Waals surface area contributed by atoms with Gasteiger partial charge in [0.15, 0.2) is 5.82 Å². The molecule has 8 heteroatoms. The second-order valence-electron chi connectivity index (χ2n) is 4.77. The molecule has 2 aromatic heterocycles. The highest BCUT2D eigenvalue weighted by Crippen LogP contribution is 2.17. The van der Waals surface area contributed by atoms with Gasteiger partial charge in [-0.25, -0.2) is 0 Å². The Hall–Kier alpha value is -3.16. The van der Waals surface area contributed by atoms with Crippen LogP contribution in [0.1, 0.15) is 6.92 Å². The van der Waals surface area contributed by atoms with E-state index in [1.165, 1.54) is 17.9 Å². The topological polar surface area (TPSA) is 105 Å². The van der Waals surface area contributed by atoms with Crippen LogP contribution >= 0.6 is 0 Å². The lowest BCUT2D eigenvalue weighted by Gasteiger charge is -2.05. The monoisotopic (exact) mass is 298 g/mol. The van der Waals surface area contributed by atoms with Crippen LogP contribution in [0.25, 0.3) is 10.9 Å². The van der Waals surface area contributed by atoms with E-state index in [0.717, 1.165) is 10.9 Å². The molecule has 22 heavy (non-hydrogen) atoms. The van der Waals surface area contributed by atoms with Gasteiger partial charge in [-0.3, -0.25) is 9.59 Å². The van der Waals surface area contributed by atoms with Crippen LogP contribution in [0.15, 0.2) is 36.7 Å². The standard InChI is InChI=1S/C14H14N6O2/c1-9(21)17-13-7-16-20(19-13)8-14(22)18-11-2-3-12-10(6-11)4-5-15-12/h2-7,15H,8H2,1H3,(H,18,22)(H,17,19,21). The number of nitrogens with zero attached hydrogens (tertiary/aromatic N) is 3. The maximum absolute atomic E-state index is 12.0. The summed E-state index contributed by atoms with van der Waals surface area (Å²) in [6.45, 7) is 1.34. The van der Waals surface area contributed by atoms with E-state index in [1.807, 2.05) is 30.5 Å². The molecule has 0 saturated heterocycles. The van der Waals surface area contributed by atoms with Crippen molar-refractivity contribution < 1.29 is 9.59 Å². The molecule has 1 aromatic carbocycles. The molecule has 3 aromatic rings. The Bertz CT molecular complexity index is 835. The SMILES string of the molecule is CC(=O)Nc1cnn(CC(=O)Nc2ccc3[nH]ccc3c2)n1. The van der Waals surface area contributed by atoms with Crippen LogP contribution in [0, 0.1) is 0 Å². The van der Waals surface area contributed by atoms with Crippen molar-refractivity contribution in [1.29, 1.82) is 0 Å². The summed E-state index contributed by atoms with van der Waals surface area (Å²) < 4.78 is 0. The van der Waals surface area contributed by atoms with Crippen molar-refractivity contribution in [1.82, 2.24) is 20.0 Å². The molecule has 0 radical (unpaired) electrons. The number of aromatic amines is 1. The fourth-order valence-corrected chi connectivity index (χ4v) is 2.07. The third-order valence-electron chi connectivity index (χ3n) is 2.96. The Balaban J connectivity index is 1.64. The predicted molar refractivity (Wildman–Crippen MR) is 81.3 cm³/mol. The minimum absolute atomic E-state index is 0.0369. The molecule has 8 nitrogen and oxygen atoms in total. The number of anilines is 2. The summed E-state index contributed by atoms with van der Waals surface area (Å²) in [7, 11) is 0. The second kappa shape index (κ2) is 5.68. The number of benzene rings is 1. The highest BCUT2D eigenvalue weighted by molar-refractivity contribution is 5.93. The molecule has 0 aliphatic carbocycles. The number of rotatable bonds is 4. The molecule has 3 rings (SSSR count). The molecule has 0 fully saturated rings. The van der Waals surface area contributed by atoms with Gasteiger partial charge < -0.3 is 15.6 Å². The fraction of sp³-hybridized carbons (Fsp3) is 0.143.